The maximum atomic E-state index is 12.3. The zero-order valence-electron chi connectivity index (χ0n) is 11.0. The SMILES string of the molecule is C=C(COCCC(O)(C(F)(F)F)C(F)(F)F)C(=O)OCC. The van der Waals surface area contributed by atoms with Crippen LogP contribution in [0.2, 0.25) is 0 Å². The van der Waals surface area contributed by atoms with Gasteiger partial charge in [-0.1, -0.05) is 6.58 Å². The largest absolute Gasteiger partial charge is 0.463 e. The number of carbonyl (C=O) groups excluding carboxylic acids is 1. The summed E-state index contributed by atoms with van der Waals surface area (Å²) in [6, 6.07) is 0. The minimum absolute atomic E-state index is 0.0275. The van der Waals surface area contributed by atoms with E-state index in [0.29, 0.717) is 0 Å². The number of esters is 1. The number of hydrogen-bond donors (Lipinski definition) is 1. The summed E-state index contributed by atoms with van der Waals surface area (Å²) >= 11 is 0. The van der Waals surface area contributed by atoms with Crippen LogP contribution in [0.25, 0.3) is 0 Å². The van der Waals surface area contributed by atoms with Crippen molar-refractivity contribution in [2.24, 2.45) is 0 Å². The Balaban J connectivity index is 4.49. The molecule has 0 saturated carbocycles. The second kappa shape index (κ2) is 7.12. The maximum Gasteiger partial charge on any atom is 0.426 e. The summed E-state index contributed by atoms with van der Waals surface area (Å²) in [7, 11) is 0. The van der Waals surface area contributed by atoms with Crippen molar-refractivity contribution in [1.82, 2.24) is 0 Å². The molecule has 0 aliphatic rings. The van der Waals surface area contributed by atoms with E-state index in [1.807, 2.05) is 0 Å². The van der Waals surface area contributed by atoms with E-state index in [-0.39, 0.29) is 12.2 Å². The molecule has 21 heavy (non-hydrogen) atoms. The van der Waals surface area contributed by atoms with Gasteiger partial charge in [0.25, 0.3) is 5.60 Å². The standard InChI is InChI=1S/C11H14F6O4/c1-3-21-8(18)7(2)6-20-5-4-9(19,10(12,13)14)11(15,16)17/h19H,2-6H2,1H3. The number of hydrogen-bond acceptors (Lipinski definition) is 4. The first-order valence-corrected chi connectivity index (χ1v) is 5.65. The predicted octanol–water partition coefficient (Wildman–Crippen LogP) is 2.37. The van der Waals surface area contributed by atoms with Gasteiger partial charge in [-0.15, -0.1) is 0 Å². The van der Waals surface area contributed by atoms with E-state index >= 15 is 0 Å². The first kappa shape index (κ1) is 19.7. The van der Waals surface area contributed by atoms with Gasteiger partial charge in [0.05, 0.1) is 25.4 Å². The monoisotopic (exact) mass is 324 g/mol. The quantitative estimate of drug-likeness (QED) is 0.338. The van der Waals surface area contributed by atoms with Gasteiger partial charge in [0.15, 0.2) is 0 Å². The third kappa shape index (κ3) is 5.20. The molecule has 0 spiro atoms. The Labute approximate surface area is 116 Å². The first-order chi connectivity index (χ1) is 9.37. The average Bonchev–Trinajstić information content (AvgIpc) is 2.31. The normalized spacial score (nSPS) is 13.1. The van der Waals surface area contributed by atoms with E-state index in [0.717, 1.165) is 0 Å². The molecule has 0 unspecified atom stereocenters. The summed E-state index contributed by atoms with van der Waals surface area (Å²) in [4.78, 5) is 11.0. The highest BCUT2D eigenvalue weighted by atomic mass is 19.4. The summed E-state index contributed by atoms with van der Waals surface area (Å²) in [5, 5.41) is 8.80. The van der Waals surface area contributed by atoms with Crippen molar-refractivity contribution in [2.75, 3.05) is 19.8 Å². The lowest BCUT2D eigenvalue weighted by atomic mass is 9.99. The van der Waals surface area contributed by atoms with Crippen LogP contribution in [0.4, 0.5) is 26.3 Å². The van der Waals surface area contributed by atoms with E-state index in [1.54, 1.807) is 0 Å². The Morgan fingerprint density at radius 1 is 1.14 bits per heavy atom. The molecule has 0 heterocycles. The molecule has 0 bridgehead atoms. The van der Waals surface area contributed by atoms with Crippen LogP contribution in [-0.4, -0.2) is 48.9 Å². The molecule has 0 aromatic heterocycles. The zero-order chi connectivity index (χ0) is 16.9. The van der Waals surface area contributed by atoms with E-state index in [2.05, 4.69) is 16.1 Å². The van der Waals surface area contributed by atoms with Gasteiger partial charge in [-0.3, -0.25) is 0 Å². The third-order valence-electron chi connectivity index (χ3n) is 2.39. The maximum absolute atomic E-state index is 12.3. The fourth-order valence-electron chi connectivity index (χ4n) is 1.15. The number of alkyl halides is 6. The number of carbonyl (C=O) groups is 1. The molecule has 0 rings (SSSR count). The first-order valence-electron chi connectivity index (χ1n) is 5.65. The van der Waals surface area contributed by atoms with Crippen molar-refractivity contribution < 1.29 is 45.7 Å². The minimum atomic E-state index is -5.90. The van der Waals surface area contributed by atoms with Crippen molar-refractivity contribution >= 4 is 5.97 Å². The number of ether oxygens (including phenoxy) is 2. The molecule has 0 aromatic carbocycles. The number of halogens is 6. The van der Waals surface area contributed by atoms with Gasteiger partial charge in [-0.25, -0.2) is 4.79 Å². The van der Waals surface area contributed by atoms with Crippen LogP contribution in [-0.2, 0) is 14.3 Å². The van der Waals surface area contributed by atoms with Crippen LogP contribution < -0.4 is 0 Å². The lowest BCUT2D eigenvalue weighted by Gasteiger charge is -2.32. The van der Waals surface area contributed by atoms with Crippen LogP contribution in [0, 0.1) is 0 Å². The molecule has 4 nitrogen and oxygen atoms in total. The minimum Gasteiger partial charge on any atom is -0.463 e. The molecule has 0 amide bonds. The second-order valence-corrected chi connectivity index (χ2v) is 3.98. The molecule has 10 heteroatoms. The van der Waals surface area contributed by atoms with E-state index in [4.69, 9.17) is 5.11 Å². The molecule has 0 aromatic rings. The fourth-order valence-corrected chi connectivity index (χ4v) is 1.15. The molecule has 0 aliphatic heterocycles. The van der Waals surface area contributed by atoms with Gasteiger partial charge >= 0.3 is 18.3 Å². The third-order valence-corrected chi connectivity index (χ3v) is 2.39. The highest BCUT2D eigenvalue weighted by Gasteiger charge is 2.69. The lowest BCUT2D eigenvalue weighted by molar-refractivity contribution is -0.371. The Hall–Kier alpha value is -1.29. The molecule has 124 valence electrons. The number of aliphatic hydroxyl groups is 1. The van der Waals surface area contributed by atoms with Gasteiger partial charge in [0, 0.05) is 6.42 Å². The van der Waals surface area contributed by atoms with Crippen molar-refractivity contribution in [3.8, 4) is 0 Å². The van der Waals surface area contributed by atoms with Crippen molar-refractivity contribution in [3.63, 3.8) is 0 Å². The smallest absolute Gasteiger partial charge is 0.426 e. The topological polar surface area (TPSA) is 55.8 Å². The molecular weight excluding hydrogens is 310 g/mol. The molecule has 0 aliphatic carbocycles. The van der Waals surface area contributed by atoms with E-state index in [1.165, 1.54) is 6.92 Å². The number of rotatable bonds is 7. The van der Waals surface area contributed by atoms with Crippen LogP contribution in [0.1, 0.15) is 13.3 Å². The molecular formula is C11H14F6O4. The summed E-state index contributed by atoms with van der Waals surface area (Å²) < 4.78 is 82.8. The highest BCUT2D eigenvalue weighted by molar-refractivity contribution is 5.87. The Morgan fingerprint density at radius 2 is 1.62 bits per heavy atom. The van der Waals surface area contributed by atoms with Crippen molar-refractivity contribution in [2.45, 2.75) is 31.3 Å². The van der Waals surface area contributed by atoms with Crippen LogP contribution >= 0.6 is 0 Å². The Morgan fingerprint density at radius 3 is 2.00 bits per heavy atom. The summed E-state index contributed by atoms with van der Waals surface area (Å²) in [6.07, 6.45) is -13.5. The van der Waals surface area contributed by atoms with Gasteiger partial charge in [0.1, 0.15) is 0 Å². The summed E-state index contributed by atoms with van der Waals surface area (Å²) in [5.41, 5.74) is -5.13. The van der Waals surface area contributed by atoms with E-state index < -0.39 is 43.6 Å². The average molecular weight is 324 g/mol. The lowest BCUT2D eigenvalue weighted by Crippen LogP contribution is -2.57. The second-order valence-electron chi connectivity index (χ2n) is 3.98. The summed E-state index contributed by atoms with van der Waals surface area (Å²) in [5.74, 6) is -0.876. The molecule has 0 atom stereocenters. The molecule has 0 saturated heterocycles. The van der Waals surface area contributed by atoms with Crippen LogP contribution in [0.3, 0.4) is 0 Å². The molecule has 0 fully saturated rings. The fraction of sp³-hybridized carbons (Fsp3) is 0.727. The van der Waals surface area contributed by atoms with E-state index in [9.17, 15) is 31.1 Å². The van der Waals surface area contributed by atoms with Gasteiger partial charge in [0.2, 0.25) is 0 Å². The van der Waals surface area contributed by atoms with Gasteiger partial charge in [-0.2, -0.15) is 26.3 Å². The van der Waals surface area contributed by atoms with Crippen molar-refractivity contribution in [1.29, 1.82) is 0 Å². The highest BCUT2D eigenvalue weighted by Crippen LogP contribution is 2.45. The van der Waals surface area contributed by atoms with Gasteiger partial charge < -0.3 is 14.6 Å². The molecule has 1 N–H and O–H groups in total. The zero-order valence-corrected chi connectivity index (χ0v) is 11.0. The Kier molecular flexibility index (Phi) is 6.68. The summed E-state index contributed by atoms with van der Waals surface area (Å²) in [6.45, 7) is 3.04. The van der Waals surface area contributed by atoms with Crippen LogP contribution in [0.5, 0.6) is 0 Å². The predicted molar refractivity (Wildman–Crippen MR) is 58.3 cm³/mol. The van der Waals surface area contributed by atoms with Crippen molar-refractivity contribution in [3.05, 3.63) is 12.2 Å². The Bertz CT molecular complexity index is 360. The van der Waals surface area contributed by atoms with Gasteiger partial charge in [-0.05, 0) is 6.92 Å². The molecule has 0 radical (unpaired) electrons. The van der Waals surface area contributed by atoms with Crippen LogP contribution in [0.15, 0.2) is 12.2 Å².